The molecule has 0 atom stereocenters. The normalized spacial score (nSPS) is 16.6. The molecule has 3 nitrogen and oxygen atoms in total. The van der Waals surface area contributed by atoms with E-state index in [0.29, 0.717) is 5.56 Å². The van der Waals surface area contributed by atoms with Gasteiger partial charge in [-0.1, -0.05) is 32.0 Å². The van der Waals surface area contributed by atoms with Gasteiger partial charge in [-0.15, -0.1) is 0 Å². The predicted octanol–water partition coefficient (Wildman–Crippen LogP) is 3.47. The molecule has 3 heteroatoms. The second-order valence-electron chi connectivity index (χ2n) is 5.97. The molecule has 1 aromatic carbocycles. The highest BCUT2D eigenvalue weighted by atomic mass is 16.4. The number of carboxylic acid groups (broad SMARTS) is 1. The fourth-order valence-corrected chi connectivity index (χ4v) is 3.07. The van der Waals surface area contributed by atoms with Gasteiger partial charge in [-0.3, -0.25) is 4.98 Å². The summed E-state index contributed by atoms with van der Waals surface area (Å²) in [6.07, 6.45) is 1.77. The van der Waals surface area contributed by atoms with Gasteiger partial charge in [-0.25, -0.2) is 4.79 Å². The molecule has 2 aromatic rings. The monoisotopic (exact) mass is 255 g/mol. The summed E-state index contributed by atoms with van der Waals surface area (Å²) >= 11 is 0. The van der Waals surface area contributed by atoms with E-state index in [1.807, 2.05) is 25.1 Å². The number of para-hydroxylation sites is 1. The number of rotatable bonds is 1. The zero-order chi connectivity index (χ0) is 13.8. The van der Waals surface area contributed by atoms with Crippen LogP contribution in [0.25, 0.3) is 10.9 Å². The highest BCUT2D eigenvalue weighted by Crippen LogP contribution is 2.41. The number of aromatic carboxylic acids is 1. The maximum absolute atomic E-state index is 11.7. The first-order valence-corrected chi connectivity index (χ1v) is 6.58. The summed E-state index contributed by atoms with van der Waals surface area (Å²) in [5, 5.41) is 10.3. The van der Waals surface area contributed by atoms with Crippen LogP contribution in [0.2, 0.25) is 0 Å². The number of hydrogen-bond acceptors (Lipinski definition) is 2. The van der Waals surface area contributed by atoms with Crippen molar-refractivity contribution in [2.75, 3.05) is 0 Å². The van der Waals surface area contributed by atoms with E-state index in [1.165, 1.54) is 0 Å². The van der Waals surface area contributed by atoms with Gasteiger partial charge in [0.1, 0.15) is 0 Å². The molecular formula is C16H17NO2. The van der Waals surface area contributed by atoms with Gasteiger partial charge in [0.2, 0.25) is 0 Å². The van der Waals surface area contributed by atoms with Gasteiger partial charge in [-0.05, 0) is 30.9 Å². The van der Waals surface area contributed by atoms with Crippen molar-refractivity contribution >= 4 is 16.9 Å². The van der Waals surface area contributed by atoms with E-state index in [0.717, 1.165) is 40.6 Å². The average molecular weight is 255 g/mol. The largest absolute Gasteiger partial charge is 0.478 e. The first-order chi connectivity index (χ1) is 8.92. The molecule has 1 heterocycles. The summed E-state index contributed by atoms with van der Waals surface area (Å²) in [7, 11) is 0. The smallest absolute Gasteiger partial charge is 0.336 e. The Morgan fingerprint density at radius 2 is 2.11 bits per heavy atom. The third-order valence-corrected chi connectivity index (χ3v) is 4.17. The van der Waals surface area contributed by atoms with E-state index in [1.54, 1.807) is 0 Å². The molecule has 0 aliphatic heterocycles. The van der Waals surface area contributed by atoms with Crippen LogP contribution in [-0.2, 0) is 11.8 Å². The maximum atomic E-state index is 11.7. The SMILES string of the molecule is Cc1cccc2c(C(=O)O)c3c(nc12)C(C)(C)CC3. The van der Waals surface area contributed by atoms with E-state index in [9.17, 15) is 9.90 Å². The molecule has 0 radical (unpaired) electrons. The molecule has 3 rings (SSSR count). The van der Waals surface area contributed by atoms with Crippen LogP contribution in [0.3, 0.4) is 0 Å². The average Bonchev–Trinajstić information content (AvgIpc) is 2.63. The molecular weight excluding hydrogens is 238 g/mol. The van der Waals surface area contributed by atoms with Crippen molar-refractivity contribution in [3.63, 3.8) is 0 Å². The molecule has 1 N–H and O–H groups in total. The van der Waals surface area contributed by atoms with Gasteiger partial charge in [0, 0.05) is 10.8 Å². The zero-order valence-electron chi connectivity index (χ0n) is 11.4. The van der Waals surface area contributed by atoms with Crippen LogP contribution in [0.5, 0.6) is 0 Å². The molecule has 1 aliphatic rings. The molecule has 0 spiro atoms. The lowest BCUT2D eigenvalue weighted by atomic mass is 9.89. The quantitative estimate of drug-likeness (QED) is 0.848. The second kappa shape index (κ2) is 3.80. The number of nitrogens with zero attached hydrogens (tertiary/aromatic N) is 1. The van der Waals surface area contributed by atoms with Crippen molar-refractivity contribution in [1.29, 1.82) is 0 Å². The number of hydrogen-bond donors (Lipinski definition) is 1. The summed E-state index contributed by atoms with van der Waals surface area (Å²) in [5.74, 6) is -0.841. The van der Waals surface area contributed by atoms with Crippen molar-refractivity contribution < 1.29 is 9.90 Å². The Balaban J connectivity index is 2.49. The molecule has 0 amide bonds. The Labute approximate surface area is 112 Å². The molecule has 0 unspecified atom stereocenters. The molecule has 19 heavy (non-hydrogen) atoms. The Kier molecular flexibility index (Phi) is 2.43. The number of pyridine rings is 1. The Morgan fingerprint density at radius 1 is 1.37 bits per heavy atom. The third-order valence-electron chi connectivity index (χ3n) is 4.17. The number of carbonyl (C=O) groups is 1. The van der Waals surface area contributed by atoms with Gasteiger partial charge in [0.05, 0.1) is 16.8 Å². The Hall–Kier alpha value is -1.90. The van der Waals surface area contributed by atoms with Crippen LogP contribution >= 0.6 is 0 Å². The fourth-order valence-electron chi connectivity index (χ4n) is 3.07. The van der Waals surface area contributed by atoms with E-state index >= 15 is 0 Å². The summed E-state index contributed by atoms with van der Waals surface area (Å²) in [4.78, 5) is 16.5. The van der Waals surface area contributed by atoms with Crippen LogP contribution in [0.15, 0.2) is 18.2 Å². The maximum Gasteiger partial charge on any atom is 0.336 e. The van der Waals surface area contributed by atoms with Gasteiger partial charge in [0.15, 0.2) is 0 Å². The van der Waals surface area contributed by atoms with Crippen LogP contribution in [0.1, 0.15) is 47.4 Å². The summed E-state index contributed by atoms with van der Waals surface area (Å²) in [5.41, 5.74) is 4.17. The second-order valence-corrected chi connectivity index (χ2v) is 5.97. The van der Waals surface area contributed by atoms with Crippen molar-refractivity contribution in [1.82, 2.24) is 4.98 Å². The van der Waals surface area contributed by atoms with E-state index in [2.05, 4.69) is 13.8 Å². The number of carboxylic acids is 1. The topological polar surface area (TPSA) is 50.2 Å². The first kappa shape index (κ1) is 12.2. The summed E-state index contributed by atoms with van der Waals surface area (Å²) < 4.78 is 0. The van der Waals surface area contributed by atoms with Crippen LogP contribution < -0.4 is 0 Å². The van der Waals surface area contributed by atoms with Crippen LogP contribution in [-0.4, -0.2) is 16.1 Å². The van der Waals surface area contributed by atoms with Crippen molar-refractivity contribution in [2.24, 2.45) is 0 Å². The van der Waals surface area contributed by atoms with Gasteiger partial charge in [0.25, 0.3) is 0 Å². The fraction of sp³-hybridized carbons (Fsp3) is 0.375. The highest BCUT2D eigenvalue weighted by molar-refractivity contribution is 6.05. The standard InChI is InChI=1S/C16H17NO2/c1-9-5-4-6-10-12(15(18)19)11-7-8-16(2,3)14(11)17-13(9)10/h4-6H,7-8H2,1-3H3,(H,18,19). The van der Waals surface area contributed by atoms with Gasteiger partial charge >= 0.3 is 5.97 Å². The van der Waals surface area contributed by atoms with E-state index in [4.69, 9.17) is 4.98 Å². The lowest BCUT2D eigenvalue weighted by Crippen LogP contribution is -2.15. The lowest BCUT2D eigenvalue weighted by Gasteiger charge is -2.19. The molecule has 0 fully saturated rings. The molecule has 0 saturated carbocycles. The first-order valence-electron chi connectivity index (χ1n) is 6.58. The van der Waals surface area contributed by atoms with Crippen LogP contribution in [0.4, 0.5) is 0 Å². The Bertz CT molecular complexity index is 701. The lowest BCUT2D eigenvalue weighted by molar-refractivity contribution is 0.0698. The number of aromatic nitrogens is 1. The van der Waals surface area contributed by atoms with Gasteiger partial charge in [-0.2, -0.15) is 0 Å². The highest BCUT2D eigenvalue weighted by Gasteiger charge is 2.35. The predicted molar refractivity (Wildman–Crippen MR) is 74.8 cm³/mol. The van der Waals surface area contributed by atoms with E-state index in [-0.39, 0.29) is 5.41 Å². The minimum Gasteiger partial charge on any atom is -0.478 e. The van der Waals surface area contributed by atoms with E-state index < -0.39 is 5.97 Å². The van der Waals surface area contributed by atoms with Crippen molar-refractivity contribution in [3.8, 4) is 0 Å². The number of aryl methyl sites for hydroxylation is 1. The van der Waals surface area contributed by atoms with Gasteiger partial charge < -0.3 is 5.11 Å². The summed E-state index contributed by atoms with van der Waals surface area (Å²) in [6.45, 7) is 6.26. The third kappa shape index (κ3) is 1.65. The van der Waals surface area contributed by atoms with Crippen molar-refractivity contribution in [2.45, 2.75) is 39.0 Å². The molecule has 1 aliphatic carbocycles. The zero-order valence-corrected chi connectivity index (χ0v) is 11.4. The minimum absolute atomic E-state index is 0.0317. The Morgan fingerprint density at radius 3 is 2.79 bits per heavy atom. The summed E-state index contributed by atoms with van der Waals surface area (Å²) in [6, 6.07) is 5.75. The molecule has 0 bridgehead atoms. The number of benzene rings is 1. The number of fused-ring (bicyclic) bond motifs is 2. The van der Waals surface area contributed by atoms with Crippen molar-refractivity contribution in [3.05, 3.63) is 40.6 Å². The minimum atomic E-state index is -0.841. The molecule has 1 aromatic heterocycles. The molecule has 0 saturated heterocycles. The van der Waals surface area contributed by atoms with Crippen LogP contribution in [0, 0.1) is 6.92 Å². The molecule has 98 valence electrons.